The second-order valence-electron chi connectivity index (χ2n) is 4.77. The first-order valence-corrected chi connectivity index (χ1v) is 6.89. The molecule has 0 heterocycles. The van der Waals surface area contributed by atoms with E-state index >= 15 is 0 Å². The van der Waals surface area contributed by atoms with Gasteiger partial charge >= 0.3 is 0 Å². The number of likely N-dealkylation sites (N-methyl/N-ethyl adjacent to an activating group) is 1. The average Bonchev–Trinajstić information content (AvgIpc) is 2.14. The van der Waals surface area contributed by atoms with E-state index < -0.39 is 11.1 Å². The molecule has 1 atom stereocenters. The van der Waals surface area contributed by atoms with E-state index in [2.05, 4.69) is 10.6 Å². The highest BCUT2D eigenvalue weighted by Gasteiger charge is 2.28. The minimum absolute atomic E-state index is 0.0873. The predicted molar refractivity (Wildman–Crippen MR) is 69.8 cm³/mol. The van der Waals surface area contributed by atoms with Gasteiger partial charge in [-0.05, 0) is 33.6 Å². The molecule has 3 N–H and O–H groups in total. The SMILES string of the molecule is CCNC(C)(C)C(=O)NCC(C)(O)CSC. The minimum Gasteiger partial charge on any atom is -0.387 e. The molecule has 96 valence electrons. The third-order valence-electron chi connectivity index (χ3n) is 2.27. The van der Waals surface area contributed by atoms with Gasteiger partial charge in [-0.15, -0.1) is 0 Å². The quantitative estimate of drug-likeness (QED) is 0.617. The maximum atomic E-state index is 11.8. The summed E-state index contributed by atoms with van der Waals surface area (Å²) in [6.45, 7) is 8.36. The van der Waals surface area contributed by atoms with Crippen LogP contribution in [0, 0.1) is 0 Å². The molecule has 4 nitrogen and oxygen atoms in total. The summed E-state index contributed by atoms with van der Waals surface area (Å²) in [6.07, 6.45) is 1.93. The maximum Gasteiger partial charge on any atom is 0.239 e. The molecule has 0 fully saturated rings. The molecule has 1 unspecified atom stereocenters. The first-order chi connectivity index (χ1) is 7.25. The zero-order valence-corrected chi connectivity index (χ0v) is 11.7. The number of carbonyl (C=O) groups excluding carboxylic acids is 1. The molecule has 0 spiro atoms. The van der Waals surface area contributed by atoms with Crippen molar-refractivity contribution in [2.24, 2.45) is 0 Å². The lowest BCUT2D eigenvalue weighted by Crippen LogP contribution is -2.55. The summed E-state index contributed by atoms with van der Waals surface area (Å²) in [5.74, 6) is 0.519. The third-order valence-corrected chi connectivity index (χ3v) is 3.18. The summed E-state index contributed by atoms with van der Waals surface area (Å²) in [4.78, 5) is 11.8. The van der Waals surface area contributed by atoms with Crippen LogP contribution in [0.2, 0.25) is 0 Å². The van der Waals surface area contributed by atoms with E-state index in [0.29, 0.717) is 5.75 Å². The van der Waals surface area contributed by atoms with Crippen LogP contribution >= 0.6 is 11.8 Å². The number of aliphatic hydroxyl groups is 1. The summed E-state index contributed by atoms with van der Waals surface area (Å²) in [5, 5.41) is 15.8. The lowest BCUT2D eigenvalue weighted by molar-refractivity contribution is -0.127. The second kappa shape index (κ2) is 6.47. The molecule has 0 saturated carbocycles. The smallest absolute Gasteiger partial charge is 0.239 e. The molecule has 0 bridgehead atoms. The third kappa shape index (κ3) is 5.72. The van der Waals surface area contributed by atoms with Gasteiger partial charge < -0.3 is 15.7 Å². The van der Waals surface area contributed by atoms with Gasteiger partial charge in [0.25, 0.3) is 0 Å². The Kier molecular flexibility index (Phi) is 6.36. The molecule has 0 aromatic heterocycles. The molecule has 16 heavy (non-hydrogen) atoms. The number of thioether (sulfide) groups is 1. The molecule has 1 amide bonds. The topological polar surface area (TPSA) is 61.4 Å². The van der Waals surface area contributed by atoms with Crippen molar-refractivity contribution in [3.63, 3.8) is 0 Å². The molecule has 0 aromatic carbocycles. The van der Waals surface area contributed by atoms with Crippen LogP contribution in [0.25, 0.3) is 0 Å². The standard InChI is InChI=1S/C11H24N2O2S/c1-6-13-10(2,3)9(14)12-7-11(4,15)8-16-5/h13,15H,6-8H2,1-5H3,(H,12,14). The van der Waals surface area contributed by atoms with Gasteiger partial charge in [-0.1, -0.05) is 6.92 Å². The predicted octanol–water partition coefficient (Wildman–Crippen LogP) is 0.605. The first-order valence-electron chi connectivity index (χ1n) is 5.50. The summed E-state index contributed by atoms with van der Waals surface area (Å²) in [5.41, 5.74) is -1.44. The number of amides is 1. The Hall–Kier alpha value is -0.260. The number of rotatable bonds is 7. The van der Waals surface area contributed by atoms with Gasteiger partial charge in [0.2, 0.25) is 5.91 Å². The normalized spacial score (nSPS) is 15.6. The molecule has 0 rings (SSSR count). The zero-order chi connectivity index (χ0) is 12.8. The van der Waals surface area contributed by atoms with Crippen molar-refractivity contribution in [2.75, 3.05) is 25.1 Å². The van der Waals surface area contributed by atoms with Crippen LogP contribution in [-0.4, -0.2) is 47.3 Å². The van der Waals surface area contributed by atoms with Crippen molar-refractivity contribution in [3.8, 4) is 0 Å². The Labute approximate surface area is 103 Å². The fraction of sp³-hybridized carbons (Fsp3) is 0.909. The molecular weight excluding hydrogens is 224 g/mol. The molecule has 0 saturated heterocycles. The Morgan fingerprint density at radius 2 is 1.94 bits per heavy atom. The van der Waals surface area contributed by atoms with Gasteiger partial charge in [0.1, 0.15) is 0 Å². The van der Waals surface area contributed by atoms with Crippen molar-refractivity contribution in [1.29, 1.82) is 0 Å². The first kappa shape index (κ1) is 15.7. The second-order valence-corrected chi connectivity index (χ2v) is 5.63. The average molecular weight is 248 g/mol. The minimum atomic E-state index is -0.850. The highest BCUT2D eigenvalue weighted by molar-refractivity contribution is 7.98. The Balaban J connectivity index is 4.16. The fourth-order valence-corrected chi connectivity index (χ4v) is 2.10. The van der Waals surface area contributed by atoms with E-state index in [9.17, 15) is 9.90 Å². The van der Waals surface area contributed by atoms with Gasteiger partial charge in [0.15, 0.2) is 0 Å². The van der Waals surface area contributed by atoms with Crippen LogP contribution in [0.5, 0.6) is 0 Å². The zero-order valence-electron chi connectivity index (χ0n) is 10.9. The molecule has 0 aliphatic heterocycles. The monoisotopic (exact) mass is 248 g/mol. The van der Waals surface area contributed by atoms with Gasteiger partial charge in [0.05, 0.1) is 11.1 Å². The van der Waals surface area contributed by atoms with Gasteiger partial charge in [-0.3, -0.25) is 4.79 Å². The van der Waals surface area contributed by atoms with Crippen molar-refractivity contribution < 1.29 is 9.90 Å². The van der Waals surface area contributed by atoms with Crippen LogP contribution in [0.3, 0.4) is 0 Å². The van der Waals surface area contributed by atoms with E-state index in [0.717, 1.165) is 6.54 Å². The van der Waals surface area contributed by atoms with Crippen molar-refractivity contribution >= 4 is 17.7 Å². The summed E-state index contributed by atoms with van der Waals surface area (Å²) < 4.78 is 0. The molecule has 0 aromatic rings. The Morgan fingerprint density at radius 1 is 1.38 bits per heavy atom. The fourth-order valence-electron chi connectivity index (χ4n) is 1.38. The van der Waals surface area contributed by atoms with E-state index in [4.69, 9.17) is 0 Å². The van der Waals surface area contributed by atoms with Crippen LogP contribution in [-0.2, 0) is 4.79 Å². The van der Waals surface area contributed by atoms with Crippen molar-refractivity contribution in [2.45, 2.75) is 38.8 Å². The van der Waals surface area contributed by atoms with E-state index in [-0.39, 0.29) is 12.5 Å². The number of hydrogen-bond acceptors (Lipinski definition) is 4. The molecule has 5 heteroatoms. The van der Waals surface area contributed by atoms with E-state index in [1.807, 2.05) is 27.0 Å². The summed E-state index contributed by atoms with van der Waals surface area (Å²) in [6, 6.07) is 0. The number of hydrogen-bond donors (Lipinski definition) is 3. The van der Waals surface area contributed by atoms with Crippen molar-refractivity contribution in [1.82, 2.24) is 10.6 Å². The van der Waals surface area contributed by atoms with Gasteiger partial charge in [-0.25, -0.2) is 0 Å². The van der Waals surface area contributed by atoms with Crippen LogP contribution < -0.4 is 10.6 Å². The lowest BCUT2D eigenvalue weighted by Gasteiger charge is -2.28. The summed E-state index contributed by atoms with van der Waals surface area (Å²) >= 11 is 1.56. The highest BCUT2D eigenvalue weighted by atomic mass is 32.2. The molecular formula is C11H24N2O2S. The van der Waals surface area contributed by atoms with Crippen LogP contribution in [0.4, 0.5) is 0 Å². The molecule has 0 aliphatic rings. The molecule has 0 radical (unpaired) electrons. The maximum absolute atomic E-state index is 11.8. The lowest BCUT2D eigenvalue weighted by atomic mass is 10.0. The molecule has 0 aliphatic carbocycles. The van der Waals surface area contributed by atoms with Gasteiger partial charge in [-0.2, -0.15) is 11.8 Å². The highest BCUT2D eigenvalue weighted by Crippen LogP contribution is 2.10. The van der Waals surface area contributed by atoms with Crippen LogP contribution in [0.1, 0.15) is 27.7 Å². The van der Waals surface area contributed by atoms with E-state index in [1.54, 1.807) is 18.7 Å². The Bertz CT molecular complexity index is 230. The van der Waals surface area contributed by atoms with Crippen molar-refractivity contribution in [3.05, 3.63) is 0 Å². The number of carbonyl (C=O) groups is 1. The summed E-state index contributed by atoms with van der Waals surface area (Å²) in [7, 11) is 0. The largest absolute Gasteiger partial charge is 0.387 e. The number of nitrogens with one attached hydrogen (secondary N) is 2. The van der Waals surface area contributed by atoms with E-state index in [1.165, 1.54) is 0 Å². The van der Waals surface area contributed by atoms with Crippen LogP contribution in [0.15, 0.2) is 0 Å². The van der Waals surface area contributed by atoms with Gasteiger partial charge in [0, 0.05) is 12.3 Å². The Morgan fingerprint density at radius 3 is 2.38 bits per heavy atom.